The Labute approximate surface area is 121 Å². The van der Waals surface area contributed by atoms with Crippen LogP contribution in [0.3, 0.4) is 0 Å². The van der Waals surface area contributed by atoms with E-state index in [9.17, 15) is 8.42 Å². The molecule has 20 heavy (non-hydrogen) atoms. The fraction of sp³-hybridized carbons (Fsp3) is 0.0833. The highest BCUT2D eigenvalue weighted by molar-refractivity contribution is 7.89. The number of nitrogens with one attached hydrogen (secondary N) is 1. The van der Waals surface area contributed by atoms with Crippen LogP contribution in [-0.4, -0.2) is 18.5 Å². The second-order valence-corrected chi connectivity index (χ2v) is 6.02. The van der Waals surface area contributed by atoms with E-state index in [1.807, 2.05) is 0 Å². The van der Waals surface area contributed by atoms with Gasteiger partial charge in [-0.3, -0.25) is 4.98 Å². The van der Waals surface area contributed by atoms with Gasteiger partial charge < -0.3 is 10.4 Å². The van der Waals surface area contributed by atoms with Gasteiger partial charge >= 0.3 is 0 Å². The van der Waals surface area contributed by atoms with Gasteiger partial charge in [-0.05, 0) is 30.3 Å². The van der Waals surface area contributed by atoms with Crippen molar-refractivity contribution in [2.75, 3.05) is 5.32 Å². The van der Waals surface area contributed by atoms with E-state index in [1.165, 1.54) is 30.5 Å². The number of nitrogens with zero attached hydrogens (tertiary/aromatic N) is 1. The molecular formula is C12H12ClN3O3S. The number of aromatic hydroxyl groups is 1. The maximum absolute atomic E-state index is 11.3. The van der Waals surface area contributed by atoms with Crippen LogP contribution in [0.2, 0.25) is 5.02 Å². The molecule has 1 heterocycles. The van der Waals surface area contributed by atoms with E-state index >= 15 is 0 Å². The summed E-state index contributed by atoms with van der Waals surface area (Å²) in [5.41, 5.74) is 1.10. The number of aromatic nitrogens is 1. The summed E-state index contributed by atoms with van der Waals surface area (Å²) in [5.74, 6) is 0.0722. The lowest BCUT2D eigenvalue weighted by Crippen LogP contribution is -2.12. The van der Waals surface area contributed by atoms with E-state index < -0.39 is 10.0 Å². The second kappa shape index (κ2) is 5.66. The quantitative estimate of drug-likeness (QED) is 0.796. The number of pyridine rings is 1. The van der Waals surface area contributed by atoms with E-state index in [1.54, 1.807) is 6.07 Å². The Bertz CT molecular complexity index is 717. The van der Waals surface area contributed by atoms with Gasteiger partial charge in [0.15, 0.2) is 0 Å². The van der Waals surface area contributed by atoms with Crippen LogP contribution in [0.25, 0.3) is 0 Å². The Morgan fingerprint density at radius 3 is 2.65 bits per heavy atom. The first-order chi connectivity index (χ1) is 9.36. The van der Waals surface area contributed by atoms with Crippen molar-refractivity contribution in [2.45, 2.75) is 11.4 Å². The molecule has 8 heteroatoms. The number of benzene rings is 1. The van der Waals surface area contributed by atoms with E-state index in [0.717, 1.165) is 0 Å². The molecule has 1 aromatic heterocycles. The standard InChI is InChI=1S/C12H12ClN3O3S/c13-11-4-3-10(20(14,18)19)5-12(11)16-6-8-1-2-9(17)7-15-8/h1-5,7,16-17H,6H2,(H2,14,18,19). The Morgan fingerprint density at radius 1 is 1.30 bits per heavy atom. The zero-order valence-corrected chi connectivity index (χ0v) is 11.8. The molecule has 0 amide bonds. The number of anilines is 1. The summed E-state index contributed by atoms with van der Waals surface area (Å²) in [7, 11) is -3.78. The molecule has 1 aromatic carbocycles. The first kappa shape index (κ1) is 14.6. The molecule has 0 aliphatic heterocycles. The van der Waals surface area contributed by atoms with Gasteiger partial charge in [-0.15, -0.1) is 0 Å². The molecule has 2 aromatic rings. The molecule has 0 radical (unpaired) electrons. The lowest BCUT2D eigenvalue weighted by molar-refractivity contribution is 0.472. The average molecular weight is 314 g/mol. The van der Waals surface area contributed by atoms with Gasteiger partial charge in [0.25, 0.3) is 0 Å². The normalized spacial score (nSPS) is 11.3. The third-order valence-electron chi connectivity index (χ3n) is 2.54. The number of sulfonamides is 1. The fourth-order valence-corrected chi connectivity index (χ4v) is 2.25. The maximum atomic E-state index is 11.3. The minimum atomic E-state index is -3.78. The van der Waals surface area contributed by atoms with E-state index in [4.69, 9.17) is 21.8 Å². The van der Waals surface area contributed by atoms with Gasteiger partial charge in [0, 0.05) is 0 Å². The third kappa shape index (κ3) is 3.60. The number of rotatable bonds is 4. The third-order valence-corrected chi connectivity index (χ3v) is 3.78. The smallest absolute Gasteiger partial charge is 0.238 e. The van der Waals surface area contributed by atoms with E-state index in [-0.39, 0.29) is 10.6 Å². The fourth-order valence-electron chi connectivity index (χ4n) is 1.52. The first-order valence-electron chi connectivity index (χ1n) is 5.56. The SMILES string of the molecule is NS(=O)(=O)c1ccc(Cl)c(NCc2ccc(O)cn2)c1. The topological polar surface area (TPSA) is 105 Å². The van der Waals surface area contributed by atoms with Crippen molar-refractivity contribution in [1.29, 1.82) is 0 Å². The summed E-state index contributed by atoms with van der Waals surface area (Å²) in [4.78, 5) is 3.97. The van der Waals surface area contributed by atoms with Crippen molar-refractivity contribution < 1.29 is 13.5 Å². The highest BCUT2D eigenvalue weighted by Crippen LogP contribution is 2.25. The van der Waals surface area contributed by atoms with Gasteiger partial charge in [-0.25, -0.2) is 13.6 Å². The van der Waals surface area contributed by atoms with Crippen LogP contribution in [0.1, 0.15) is 5.69 Å². The van der Waals surface area contributed by atoms with Crippen LogP contribution in [0.4, 0.5) is 5.69 Å². The molecule has 0 fully saturated rings. The Morgan fingerprint density at radius 2 is 2.05 bits per heavy atom. The lowest BCUT2D eigenvalue weighted by Gasteiger charge is -2.09. The molecule has 0 saturated carbocycles. The van der Waals surface area contributed by atoms with Gasteiger partial charge in [0.1, 0.15) is 5.75 Å². The van der Waals surface area contributed by atoms with Crippen LogP contribution in [0.5, 0.6) is 5.75 Å². The summed E-state index contributed by atoms with van der Waals surface area (Å²) in [6, 6.07) is 7.29. The van der Waals surface area contributed by atoms with Gasteiger partial charge in [0.2, 0.25) is 10.0 Å². The molecule has 0 unspecified atom stereocenters. The predicted octanol–water partition coefficient (Wildman–Crippen LogP) is 1.70. The van der Waals surface area contributed by atoms with Gasteiger partial charge in [0.05, 0.1) is 34.0 Å². The molecule has 0 atom stereocenters. The maximum Gasteiger partial charge on any atom is 0.238 e. The number of hydrogen-bond acceptors (Lipinski definition) is 5. The molecular weight excluding hydrogens is 302 g/mol. The summed E-state index contributed by atoms with van der Waals surface area (Å²) in [5, 5.41) is 17.5. The zero-order valence-electron chi connectivity index (χ0n) is 10.2. The number of primary sulfonamides is 1. The predicted molar refractivity (Wildman–Crippen MR) is 76.1 cm³/mol. The summed E-state index contributed by atoms with van der Waals surface area (Å²) >= 11 is 5.98. The zero-order chi connectivity index (χ0) is 14.8. The number of nitrogens with two attached hydrogens (primary N) is 1. The molecule has 106 valence electrons. The lowest BCUT2D eigenvalue weighted by atomic mass is 10.3. The first-order valence-corrected chi connectivity index (χ1v) is 7.49. The molecule has 4 N–H and O–H groups in total. The molecule has 0 saturated heterocycles. The van der Waals surface area contributed by atoms with Crippen LogP contribution in [-0.2, 0) is 16.6 Å². The van der Waals surface area contributed by atoms with E-state index in [2.05, 4.69) is 10.3 Å². The van der Waals surface area contributed by atoms with Crippen LogP contribution in [0, 0.1) is 0 Å². The molecule has 0 aliphatic carbocycles. The van der Waals surface area contributed by atoms with Crippen LogP contribution < -0.4 is 10.5 Å². The van der Waals surface area contributed by atoms with Crippen LogP contribution >= 0.6 is 11.6 Å². The highest BCUT2D eigenvalue weighted by atomic mass is 35.5. The van der Waals surface area contributed by atoms with Crippen LogP contribution in [0.15, 0.2) is 41.4 Å². The Hall–Kier alpha value is -1.83. The van der Waals surface area contributed by atoms with Crippen molar-refractivity contribution in [1.82, 2.24) is 4.98 Å². The molecule has 0 bridgehead atoms. The minimum absolute atomic E-state index is 0.0249. The largest absolute Gasteiger partial charge is 0.506 e. The average Bonchev–Trinajstić information content (AvgIpc) is 2.38. The van der Waals surface area contributed by atoms with Crippen molar-refractivity contribution in [2.24, 2.45) is 5.14 Å². The summed E-state index contributed by atoms with van der Waals surface area (Å²) < 4.78 is 22.5. The van der Waals surface area contributed by atoms with E-state index in [0.29, 0.717) is 22.9 Å². The monoisotopic (exact) mass is 313 g/mol. The van der Waals surface area contributed by atoms with Crippen molar-refractivity contribution in [3.8, 4) is 5.75 Å². The van der Waals surface area contributed by atoms with Gasteiger partial charge in [-0.2, -0.15) is 0 Å². The van der Waals surface area contributed by atoms with Crippen molar-refractivity contribution in [3.05, 3.63) is 47.2 Å². The summed E-state index contributed by atoms with van der Waals surface area (Å²) in [6.45, 7) is 0.327. The number of halogens is 1. The number of hydrogen-bond donors (Lipinski definition) is 3. The second-order valence-electron chi connectivity index (χ2n) is 4.05. The molecule has 0 aliphatic rings. The summed E-state index contributed by atoms with van der Waals surface area (Å²) in [6.07, 6.45) is 1.32. The molecule has 2 rings (SSSR count). The van der Waals surface area contributed by atoms with Gasteiger partial charge in [-0.1, -0.05) is 11.6 Å². The molecule has 6 nitrogen and oxygen atoms in total. The Balaban J connectivity index is 2.19. The Kier molecular flexibility index (Phi) is 4.12. The minimum Gasteiger partial charge on any atom is -0.506 e. The van der Waals surface area contributed by atoms with Crippen molar-refractivity contribution >= 4 is 27.3 Å². The van der Waals surface area contributed by atoms with Crippen molar-refractivity contribution in [3.63, 3.8) is 0 Å². The highest BCUT2D eigenvalue weighted by Gasteiger charge is 2.10. The molecule has 0 spiro atoms.